The van der Waals surface area contributed by atoms with Gasteiger partial charge < -0.3 is 5.32 Å². The molecule has 4 aromatic rings. The van der Waals surface area contributed by atoms with E-state index in [1.807, 2.05) is 0 Å². The van der Waals surface area contributed by atoms with Crippen LogP contribution in [0.4, 0.5) is 5.69 Å². The number of pyridine rings is 1. The smallest absolute Gasteiger partial charge is 0.252 e. The van der Waals surface area contributed by atoms with Crippen LogP contribution in [-0.2, 0) is 10.0 Å². The molecule has 0 atom stereocenters. The maximum atomic E-state index is 12.8. The van der Waals surface area contributed by atoms with E-state index >= 15 is 0 Å². The quantitative estimate of drug-likeness (QED) is 0.403. The predicted octanol–water partition coefficient (Wildman–Crippen LogP) is 2.74. The number of fused-ring (bicyclic) bond motifs is 1. The molecular weight excluding hydrogens is 428 g/mol. The molecule has 2 N–H and O–H groups in total. The van der Waals surface area contributed by atoms with Crippen molar-refractivity contribution < 1.29 is 18.0 Å². The number of hydrogen-bond acceptors (Lipinski definition) is 5. The summed E-state index contributed by atoms with van der Waals surface area (Å²) in [5, 5.41) is 6.65. The average molecular weight is 449 g/mol. The topological polar surface area (TPSA) is 110 Å². The van der Waals surface area contributed by atoms with Crippen LogP contribution in [0.5, 0.6) is 0 Å². The summed E-state index contributed by atoms with van der Waals surface area (Å²) in [5.74, 6) is -1.11. The summed E-state index contributed by atoms with van der Waals surface area (Å²) in [5.41, 5.74) is 2.07. The summed E-state index contributed by atoms with van der Waals surface area (Å²) >= 11 is 0. The van der Waals surface area contributed by atoms with Gasteiger partial charge in [-0.1, -0.05) is 48.5 Å². The molecule has 162 valence electrons. The van der Waals surface area contributed by atoms with E-state index in [9.17, 15) is 18.0 Å². The minimum Gasteiger partial charge on any atom is -0.351 e. The van der Waals surface area contributed by atoms with Gasteiger partial charge in [0.15, 0.2) is 5.78 Å². The van der Waals surface area contributed by atoms with Crippen molar-refractivity contribution in [2.75, 3.05) is 17.0 Å². The molecular formula is C23H20N4O4S. The Hall–Kier alpha value is -3.98. The molecule has 0 spiro atoms. The molecule has 1 amide bonds. The second-order valence-corrected chi connectivity index (χ2v) is 8.88. The maximum Gasteiger partial charge on any atom is 0.252 e. The van der Waals surface area contributed by atoms with Crippen molar-refractivity contribution in [2.24, 2.45) is 0 Å². The van der Waals surface area contributed by atoms with Crippen molar-refractivity contribution in [3.63, 3.8) is 0 Å². The van der Waals surface area contributed by atoms with Crippen molar-refractivity contribution in [1.29, 1.82) is 0 Å². The lowest BCUT2D eigenvalue weighted by Gasteiger charge is -2.11. The van der Waals surface area contributed by atoms with E-state index in [-0.39, 0.29) is 29.2 Å². The highest BCUT2D eigenvalue weighted by Crippen LogP contribution is 2.15. The number of nitrogens with one attached hydrogen (secondary N) is 2. The van der Waals surface area contributed by atoms with E-state index in [1.54, 1.807) is 89.7 Å². The van der Waals surface area contributed by atoms with Gasteiger partial charge in [-0.25, -0.2) is 12.9 Å². The van der Waals surface area contributed by atoms with Crippen molar-refractivity contribution in [1.82, 2.24) is 14.9 Å². The first-order chi connectivity index (χ1) is 15.4. The fourth-order valence-electron chi connectivity index (χ4n) is 3.23. The van der Waals surface area contributed by atoms with Crippen LogP contribution >= 0.6 is 0 Å². The van der Waals surface area contributed by atoms with Crippen LogP contribution in [0, 0.1) is 0 Å². The number of ketones is 1. The zero-order chi connectivity index (χ0) is 22.6. The van der Waals surface area contributed by atoms with E-state index in [0.717, 1.165) is 5.52 Å². The first-order valence-electron chi connectivity index (χ1n) is 9.84. The number of amides is 1. The normalized spacial score (nSPS) is 11.2. The molecule has 2 heterocycles. The fourth-order valence-corrected chi connectivity index (χ4v) is 4.19. The third kappa shape index (κ3) is 4.84. The van der Waals surface area contributed by atoms with E-state index < -0.39 is 15.9 Å². The number of carbonyl (C=O) groups excluding carboxylic acids is 2. The molecule has 0 aliphatic carbocycles. The lowest BCUT2D eigenvalue weighted by Crippen LogP contribution is -2.32. The number of aromatic nitrogens is 2. The highest BCUT2D eigenvalue weighted by Gasteiger charge is 2.18. The van der Waals surface area contributed by atoms with Gasteiger partial charge in [0.05, 0.1) is 22.5 Å². The molecule has 0 fully saturated rings. The van der Waals surface area contributed by atoms with E-state index in [4.69, 9.17) is 0 Å². The molecule has 0 aliphatic rings. The Labute approximate surface area is 184 Å². The molecule has 0 bridgehead atoms. The highest BCUT2D eigenvalue weighted by atomic mass is 32.2. The van der Waals surface area contributed by atoms with Crippen molar-refractivity contribution in [2.45, 2.75) is 0 Å². The Morgan fingerprint density at radius 3 is 2.41 bits per heavy atom. The van der Waals surface area contributed by atoms with E-state index in [1.165, 1.54) is 0 Å². The largest absolute Gasteiger partial charge is 0.351 e. The molecule has 32 heavy (non-hydrogen) atoms. The Kier molecular flexibility index (Phi) is 6.00. The molecule has 0 saturated heterocycles. The van der Waals surface area contributed by atoms with Gasteiger partial charge in [0.25, 0.3) is 5.91 Å². The number of nitrogens with zero attached hydrogens (tertiary/aromatic N) is 2. The fraction of sp³-hybridized carbons (Fsp3) is 0.0870. The summed E-state index contributed by atoms with van der Waals surface area (Å²) in [6, 6.07) is 20.1. The number of sulfonamides is 1. The molecule has 8 nitrogen and oxygen atoms in total. The van der Waals surface area contributed by atoms with E-state index in [2.05, 4.69) is 15.1 Å². The summed E-state index contributed by atoms with van der Waals surface area (Å²) in [6.07, 6.45) is 3.26. The van der Waals surface area contributed by atoms with Gasteiger partial charge in [0.2, 0.25) is 10.0 Å². The monoisotopic (exact) mass is 448 g/mol. The number of rotatable bonds is 8. The van der Waals surface area contributed by atoms with Crippen LogP contribution in [0.25, 0.3) is 5.52 Å². The zero-order valence-electron chi connectivity index (χ0n) is 16.9. The van der Waals surface area contributed by atoms with Gasteiger partial charge in [0, 0.05) is 30.1 Å². The van der Waals surface area contributed by atoms with Gasteiger partial charge in [-0.15, -0.1) is 0 Å². The summed E-state index contributed by atoms with van der Waals surface area (Å²) in [6.45, 7) is -0.114. The minimum absolute atomic E-state index is 0.114. The second-order valence-electron chi connectivity index (χ2n) is 7.03. The molecule has 0 aliphatic heterocycles. The van der Waals surface area contributed by atoms with Crippen LogP contribution in [-0.4, -0.2) is 42.0 Å². The number of carbonyl (C=O) groups is 2. The lowest BCUT2D eigenvalue weighted by molar-refractivity contribution is 0.0944. The SMILES string of the molecule is O=C(NCCS(=O)(=O)Nc1ccn2nccc2c1)c1ccccc1C(=O)c1ccccc1. The van der Waals surface area contributed by atoms with E-state index in [0.29, 0.717) is 11.3 Å². The average Bonchev–Trinajstić information content (AvgIpc) is 3.26. The predicted molar refractivity (Wildman–Crippen MR) is 121 cm³/mol. The molecule has 4 rings (SSSR count). The van der Waals surface area contributed by atoms with Crippen LogP contribution in [0.2, 0.25) is 0 Å². The number of hydrogen-bond donors (Lipinski definition) is 2. The molecule has 0 unspecified atom stereocenters. The zero-order valence-corrected chi connectivity index (χ0v) is 17.7. The summed E-state index contributed by atoms with van der Waals surface area (Å²) in [7, 11) is -3.69. The highest BCUT2D eigenvalue weighted by molar-refractivity contribution is 7.92. The maximum absolute atomic E-state index is 12.8. The van der Waals surface area contributed by atoms with Crippen molar-refractivity contribution >= 4 is 32.9 Å². The molecule has 2 aromatic carbocycles. The number of anilines is 1. The Morgan fingerprint density at radius 1 is 0.906 bits per heavy atom. The molecule has 0 saturated carbocycles. The minimum atomic E-state index is -3.69. The van der Waals surface area contributed by atoms with Crippen molar-refractivity contribution in [3.8, 4) is 0 Å². The van der Waals surface area contributed by atoms with Crippen LogP contribution in [0.15, 0.2) is 85.2 Å². The van der Waals surface area contributed by atoms with Crippen LogP contribution < -0.4 is 10.0 Å². The summed E-state index contributed by atoms with van der Waals surface area (Å²) in [4.78, 5) is 25.5. The molecule has 9 heteroatoms. The third-order valence-corrected chi connectivity index (χ3v) is 6.07. The van der Waals surface area contributed by atoms with Gasteiger partial charge in [0.1, 0.15) is 0 Å². The van der Waals surface area contributed by atoms with Crippen LogP contribution in [0.3, 0.4) is 0 Å². The standard InChI is InChI=1S/C23H20N4O4S/c28-22(17-6-2-1-3-7-17)20-8-4-5-9-21(20)23(29)24-13-15-32(30,31)26-18-11-14-27-19(16-18)10-12-25-27/h1-12,14,16,26H,13,15H2,(H,24,29). The van der Waals surface area contributed by atoms with Gasteiger partial charge in [-0.05, 0) is 24.3 Å². The van der Waals surface area contributed by atoms with Gasteiger partial charge in [-0.2, -0.15) is 5.10 Å². The van der Waals surface area contributed by atoms with Gasteiger partial charge >= 0.3 is 0 Å². The molecule has 2 aromatic heterocycles. The second kappa shape index (κ2) is 9.03. The summed E-state index contributed by atoms with van der Waals surface area (Å²) < 4.78 is 28.9. The Balaban J connectivity index is 1.40. The van der Waals surface area contributed by atoms with Crippen molar-refractivity contribution in [3.05, 3.63) is 102 Å². The Morgan fingerprint density at radius 2 is 1.62 bits per heavy atom. The first kappa shape index (κ1) is 21.3. The number of benzene rings is 2. The Bertz CT molecular complexity index is 1380. The van der Waals surface area contributed by atoms with Crippen LogP contribution in [0.1, 0.15) is 26.3 Å². The molecule has 0 radical (unpaired) electrons. The lowest BCUT2D eigenvalue weighted by atomic mass is 9.98. The van der Waals surface area contributed by atoms with Gasteiger partial charge in [-0.3, -0.25) is 14.3 Å². The third-order valence-electron chi connectivity index (χ3n) is 4.78. The first-order valence-corrected chi connectivity index (χ1v) is 11.5.